The molecule has 132 valence electrons. The van der Waals surface area contributed by atoms with E-state index in [2.05, 4.69) is 0 Å². The van der Waals surface area contributed by atoms with E-state index >= 15 is 0 Å². The van der Waals surface area contributed by atoms with Crippen molar-refractivity contribution in [2.75, 3.05) is 34.4 Å². The third kappa shape index (κ3) is 5.74. The molecule has 0 bridgehead atoms. The number of carbonyl (C=O) groups is 1. The summed E-state index contributed by atoms with van der Waals surface area (Å²) < 4.78 is 15.8. The second-order valence-electron chi connectivity index (χ2n) is 4.92. The molecule has 0 aliphatic rings. The maximum absolute atomic E-state index is 12.3. The van der Waals surface area contributed by atoms with Crippen molar-refractivity contribution in [2.24, 2.45) is 0 Å². The second-order valence-corrected chi connectivity index (χ2v) is 4.92. The zero-order valence-corrected chi connectivity index (χ0v) is 14.6. The Kier molecular flexibility index (Phi) is 8.39. The van der Waals surface area contributed by atoms with Crippen LogP contribution in [0.15, 0.2) is 18.2 Å². The Hall–Kier alpha value is -3.19. The monoisotopic (exact) mass is 343 g/mol. The van der Waals surface area contributed by atoms with Crippen LogP contribution in [0.5, 0.6) is 17.2 Å². The van der Waals surface area contributed by atoms with Crippen molar-refractivity contribution < 1.29 is 19.0 Å². The van der Waals surface area contributed by atoms with Crippen molar-refractivity contribution >= 4 is 12.0 Å². The highest BCUT2D eigenvalue weighted by Gasteiger charge is 2.12. The molecule has 7 heteroatoms. The number of hydrogen-bond donors (Lipinski definition) is 0. The number of hydrogen-bond acceptors (Lipinski definition) is 6. The third-order valence-corrected chi connectivity index (χ3v) is 3.44. The fraction of sp³-hybridized carbons (Fsp3) is 0.389. The van der Waals surface area contributed by atoms with Gasteiger partial charge in [0.15, 0.2) is 11.5 Å². The van der Waals surface area contributed by atoms with E-state index in [-0.39, 0.29) is 31.8 Å². The fourth-order valence-corrected chi connectivity index (χ4v) is 2.15. The second kappa shape index (κ2) is 10.6. The standard InChI is InChI=1S/C18H21N3O4/c1-23-15-13-17(25-3)16(24-2)12-14(15)6-7-18(22)21(10-4-8-19)11-5-9-20/h6-7,12-13H,4-5,10-11H2,1-3H3/b7-6-. The highest BCUT2D eigenvalue weighted by molar-refractivity contribution is 5.92. The van der Waals surface area contributed by atoms with Crippen LogP contribution in [0.3, 0.4) is 0 Å². The van der Waals surface area contributed by atoms with Crippen LogP contribution in [0.25, 0.3) is 6.08 Å². The van der Waals surface area contributed by atoms with E-state index < -0.39 is 0 Å². The van der Waals surface area contributed by atoms with Crippen LogP contribution in [0, 0.1) is 22.7 Å². The molecule has 0 aliphatic carbocycles. The van der Waals surface area contributed by atoms with Gasteiger partial charge in [0.2, 0.25) is 5.91 Å². The van der Waals surface area contributed by atoms with Gasteiger partial charge in [-0.3, -0.25) is 4.79 Å². The lowest BCUT2D eigenvalue weighted by molar-refractivity contribution is -0.125. The summed E-state index contributed by atoms with van der Waals surface area (Å²) in [7, 11) is 4.57. The smallest absolute Gasteiger partial charge is 0.246 e. The molecular weight excluding hydrogens is 322 g/mol. The van der Waals surface area contributed by atoms with Gasteiger partial charge in [0.25, 0.3) is 0 Å². The SMILES string of the molecule is COc1cc(OC)c(OC)cc1/C=C\C(=O)N(CCC#N)CCC#N. The Balaban J connectivity index is 3.03. The minimum Gasteiger partial charge on any atom is -0.496 e. The zero-order chi connectivity index (χ0) is 18.7. The minimum absolute atomic E-state index is 0.213. The first-order chi connectivity index (χ1) is 12.1. The normalized spacial score (nSPS) is 9.96. The molecule has 1 rings (SSSR count). The van der Waals surface area contributed by atoms with Gasteiger partial charge in [-0.1, -0.05) is 0 Å². The third-order valence-electron chi connectivity index (χ3n) is 3.44. The number of carbonyl (C=O) groups excluding carboxylic acids is 1. The van der Waals surface area contributed by atoms with Crippen molar-refractivity contribution in [1.29, 1.82) is 10.5 Å². The van der Waals surface area contributed by atoms with Crippen LogP contribution in [0.4, 0.5) is 0 Å². The van der Waals surface area contributed by atoms with E-state index in [9.17, 15) is 4.79 Å². The van der Waals surface area contributed by atoms with E-state index in [0.717, 1.165) is 0 Å². The summed E-state index contributed by atoms with van der Waals surface area (Å²) in [4.78, 5) is 13.8. The van der Waals surface area contributed by atoms with Gasteiger partial charge in [-0.2, -0.15) is 10.5 Å². The van der Waals surface area contributed by atoms with Gasteiger partial charge in [0.1, 0.15) is 5.75 Å². The van der Waals surface area contributed by atoms with Gasteiger partial charge in [-0.05, 0) is 12.1 Å². The lowest BCUT2D eigenvalue weighted by Crippen LogP contribution is -2.31. The molecule has 0 spiro atoms. The van der Waals surface area contributed by atoms with E-state index in [0.29, 0.717) is 22.8 Å². The Bertz CT molecular complexity index is 683. The highest BCUT2D eigenvalue weighted by Crippen LogP contribution is 2.35. The summed E-state index contributed by atoms with van der Waals surface area (Å²) in [6.07, 6.45) is 3.42. The molecule has 0 atom stereocenters. The van der Waals surface area contributed by atoms with Crippen LogP contribution in [0.1, 0.15) is 18.4 Å². The summed E-state index contributed by atoms with van der Waals surface area (Å²) in [6, 6.07) is 7.37. The number of ether oxygens (including phenoxy) is 3. The average Bonchev–Trinajstić information content (AvgIpc) is 2.65. The fourth-order valence-electron chi connectivity index (χ4n) is 2.15. The van der Waals surface area contributed by atoms with Gasteiger partial charge in [-0.15, -0.1) is 0 Å². The largest absolute Gasteiger partial charge is 0.496 e. The summed E-state index contributed by atoms with van der Waals surface area (Å²) in [6.45, 7) is 0.564. The molecular formula is C18H21N3O4. The first-order valence-electron chi connectivity index (χ1n) is 7.62. The van der Waals surface area contributed by atoms with E-state index in [1.807, 2.05) is 12.1 Å². The van der Waals surface area contributed by atoms with Gasteiger partial charge in [0, 0.05) is 30.8 Å². The van der Waals surface area contributed by atoms with Crippen LogP contribution >= 0.6 is 0 Å². The first kappa shape index (κ1) is 19.9. The predicted octanol–water partition coefficient (Wildman–Crippen LogP) is 2.38. The highest BCUT2D eigenvalue weighted by atomic mass is 16.5. The van der Waals surface area contributed by atoms with Gasteiger partial charge in [-0.25, -0.2) is 0 Å². The lowest BCUT2D eigenvalue weighted by atomic mass is 10.1. The van der Waals surface area contributed by atoms with Crippen molar-refractivity contribution in [3.8, 4) is 29.4 Å². The van der Waals surface area contributed by atoms with Crippen molar-refractivity contribution in [2.45, 2.75) is 12.8 Å². The lowest BCUT2D eigenvalue weighted by Gasteiger charge is -2.18. The number of methoxy groups -OCH3 is 3. The van der Waals surface area contributed by atoms with Crippen molar-refractivity contribution in [3.05, 3.63) is 23.8 Å². The van der Waals surface area contributed by atoms with Gasteiger partial charge >= 0.3 is 0 Å². The van der Waals surface area contributed by atoms with E-state index in [4.69, 9.17) is 24.7 Å². The topological polar surface area (TPSA) is 95.6 Å². The summed E-state index contributed by atoms with van der Waals surface area (Å²) in [5.41, 5.74) is 0.647. The molecule has 0 fully saturated rings. The molecule has 0 aliphatic heterocycles. The maximum atomic E-state index is 12.3. The molecule has 0 unspecified atom stereocenters. The van der Waals surface area contributed by atoms with Crippen molar-refractivity contribution in [3.63, 3.8) is 0 Å². The molecule has 0 saturated carbocycles. The summed E-state index contributed by atoms with van der Waals surface area (Å²) >= 11 is 0. The number of rotatable bonds is 9. The number of benzene rings is 1. The molecule has 7 nitrogen and oxygen atoms in total. The Morgan fingerprint density at radius 2 is 1.52 bits per heavy atom. The molecule has 0 radical (unpaired) electrons. The molecule has 25 heavy (non-hydrogen) atoms. The van der Waals surface area contributed by atoms with Crippen LogP contribution in [-0.4, -0.2) is 45.2 Å². The van der Waals surface area contributed by atoms with Crippen LogP contribution in [0.2, 0.25) is 0 Å². The van der Waals surface area contributed by atoms with Gasteiger partial charge in [0.05, 0.1) is 46.3 Å². The summed E-state index contributed by atoms with van der Waals surface area (Å²) in [5, 5.41) is 17.4. The molecule has 1 aromatic carbocycles. The Morgan fingerprint density at radius 3 is 2.00 bits per heavy atom. The number of nitriles is 2. The maximum Gasteiger partial charge on any atom is 0.246 e. The van der Waals surface area contributed by atoms with Crippen molar-refractivity contribution in [1.82, 2.24) is 4.90 Å². The molecule has 0 saturated heterocycles. The van der Waals surface area contributed by atoms with Crippen LogP contribution in [-0.2, 0) is 4.79 Å². The molecule has 1 amide bonds. The number of nitrogens with zero attached hydrogens (tertiary/aromatic N) is 3. The quantitative estimate of drug-likeness (QED) is 0.639. The van der Waals surface area contributed by atoms with E-state index in [1.165, 1.54) is 32.3 Å². The Labute approximate surface area is 147 Å². The Morgan fingerprint density at radius 1 is 1.00 bits per heavy atom. The summed E-state index contributed by atoms with van der Waals surface area (Å²) in [5.74, 6) is 1.29. The molecule has 1 aromatic rings. The molecule has 0 heterocycles. The van der Waals surface area contributed by atoms with E-state index in [1.54, 1.807) is 18.2 Å². The molecule has 0 aromatic heterocycles. The average molecular weight is 343 g/mol. The minimum atomic E-state index is -0.276. The number of amides is 1. The molecule has 0 N–H and O–H groups in total. The first-order valence-corrected chi connectivity index (χ1v) is 7.62. The predicted molar refractivity (Wildman–Crippen MR) is 92.2 cm³/mol. The van der Waals surface area contributed by atoms with Gasteiger partial charge < -0.3 is 19.1 Å². The zero-order valence-electron chi connectivity index (χ0n) is 14.6. The van der Waals surface area contributed by atoms with Crippen LogP contribution < -0.4 is 14.2 Å².